The number of nitrogens with zero attached hydrogens (tertiary/aromatic N) is 2. The zero-order chi connectivity index (χ0) is 15.2. The van der Waals surface area contributed by atoms with Crippen molar-refractivity contribution in [3.8, 4) is 5.75 Å². The molecule has 1 aliphatic heterocycles. The smallest absolute Gasteiger partial charge is 0.130 e. The minimum Gasteiger partial charge on any atom is -0.487 e. The van der Waals surface area contributed by atoms with E-state index < -0.39 is 0 Å². The van der Waals surface area contributed by atoms with Crippen molar-refractivity contribution in [1.29, 1.82) is 0 Å². The van der Waals surface area contributed by atoms with E-state index in [0.717, 1.165) is 37.6 Å². The van der Waals surface area contributed by atoms with Gasteiger partial charge in [0.2, 0.25) is 0 Å². The molecule has 1 saturated heterocycles. The second-order valence-electron chi connectivity index (χ2n) is 5.85. The first-order chi connectivity index (χ1) is 10.8. The maximum absolute atomic E-state index is 5.85. The van der Waals surface area contributed by atoms with E-state index in [9.17, 15) is 0 Å². The van der Waals surface area contributed by atoms with Gasteiger partial charge < -0.3 is 10.1 Å². The van der Waals surface area contributed by atoms with Gasteiger partial charge in [-0.15, -0.1) is 0 Å². The summed E-state index contributed by atoms with van der Waals surface area (Å²) >= 11 is 0. The largest absolute Gasteiger partial charge is 0.487 e. The number of benzene rings is 1. The van der Waals surface area contributed by atoms with Gasteiger partial charge in [0.15, 0.2) is 0 Å². The number of hydrogen-bond acceptors (Lipinski definition) is 4. The van der Waals surface area contributed by atoms with Crippen LogP contribution in [0.3, 0.4) is 0 Å². The number of pyridine rings is 1. The number of ether oxygens (including phenoxy) is 1. The highest BCUT2D eigenvalue weighted by Crippen LogP contribution is 2.17. The average molecular weight is 297 g/mol. The molecule has 0 saturated carbocycles. The summed E-state index contributed by atoms with van der Waals surface area (Å²) in [6.07, 6.45) is 1.79. The molecule has 4 heteroatoms. The van der Waals surface area contributed by atoms with E-state index in [1.165, 1.54) is 5.56 Å². The van der Waals surface area contributed by atoms with Crippen molar-refractivity contribution in [2.45, 2.75) is 26.1 Å². The van der Waals surface area contributed by atoms with Crippen molar-refractivity contribution >= 4 is 0 Å². The maximum Gasteiger partial charge on any atom is 0.130 e. The van der Waals surface area contributed by atoms with E-state index in [1.54, 1.807) is 6.20 Å². The fourth-order valence-corrected chi connectivity index (χ4v) is 2.79. The molecule has 0 aliphatic carbocycles. The molecule has 0 radical (unpaired) electrons. The molecule has 4 nitrogen and oxygen atoms in total. The Hall–Kier alpha value is -1.91. The number of hydrogen-bond donors (Lipinski definition) is 1. The summed E-state index contributed by atoms with van der Waals surface area (Å²) in [5, 5.41) is 3.47. The second-order valence-corrected chi connectivity index (χ2v) is 5.85. The van der Waals surface area contributed by atoms with Gasteiger partial charge in [0.05, 0.1) is 5.69 Å². The number of aromatic nitrogens is 1. The van der Waals surface area contributed by atoms with E-state index in [4.69, 9.17) is 4.74 Å². The molecule has 22 heavy (non-hydrogen) atoms. The van der Waals surface area contributed by atoms with Gasteiger partial charge in [-0.2, -0.15) is 0 Å². The molecule has 0 bridgehead atoms. The fourth-order valence-electron chi connectivity index (χ4n) is 2.79. The molecule has 2 heterocycles. The molecule has 1 aromatic carbocycles. The SMILES string of the molecule is CC1CN(Cc2cccc(OCc3ccccn3)c2)CCN1. The van der Waals surface area contributed by atoms with Crippen LogP contribution >= 0.6 is 0 Å². The van der Waals surface area contributed by atoms with Gasteiger partial charge in [-0.3, -0.25) is 9.88 Å². The Morgan fingerprint density at radius 1 is 1.27 bits per heavy atom. The lowest BCUT2D eigenvalue weighted by Gasteiger charge is -2.31. The summed E-state index contributed by atoms with van der Waals surface area (Å²) in [5.74, 6) is 0.909. The molecule has 1 aromatic heterocycles. The van der Waals surface area contributed by atoms with Crippen molar-refractivity contribution in [3.05, 3.63) is 59.9 Å². The molecule has 1 N–H and O–H groups in total. The molecule has 0 amide bonds. The molecule has 1 aliphatic rings. The van der Waals surface area contributed by atoms with Crippen LogP contribution in [0.1, 0.15) is 18.2 Å². The Balaban J connectivity index is 1.57. The Kier molecular flexibility index (Phi) is 5.03. The van der Waals surface area contributed by atoms with Gasteiger partial charge in [-0.1, -0.05) is 18.2 Å². The van der Waals surface area contributed by atoms with Crippen molar-refractivity contribution in [1.82, 2.24) is 15.2 Å². The summed E-state index contributed by atoms with van der Waals surface area (Å²) in [4.78, 5) is 6.76. The van der Waals surface area contributed by atoms with Crippen LogP contribution in [0.5, 0.6) is 5.75 Å². The Bertz CT molecular complexity index is 588. The first-order valence-corrected chi connectivity index (χ1v) is 7.87. The van der Waals surface area contributed by atoms with Gasteiger partial charge >= 0.3 is 0 Å². The summed E-state index contributed by atoms with van der Waals surface area (Å²) < 4.78 is 5.85. The first kappa shape index (κ1) is 15.0. The fraction of sp³-hybridized carbons (Fsp3) is 0.389. The number of nitrogens with one attached hydrogen (secondary N) is 1. The van der Waals surface area contributed by atoms with Crippen LogP contribution in [0.15, 0.2) is 48.7 Å². The van der Waals surface area contributed by atoms with E-state index >= 15 is 0 Å². The third-order valence-corrected chi connectivity index (χ3v) is 3.87. The predicted octanol–water partition coefficient (Wildman–Crippen LogP) is 2.45. The molecule has 3 rings (SSSR count). The van der Waals surface area contributed by atoms with Gasteiger partial charge in [0, 0.05) is 38.4 Å². The summed E-state index contributed by atoms with van der Waals surface area (Å²) in [7, 11) is 0. The second kappa shape index (κ2) is 7.38. The normalized spacial score (nSPS) is 19.0. The molecule has 116 valence electrons. The monoisotopic (exact) mass is 297 g/mol. The van der Waals surface area contributed by atoms with Crippen molar-refractivity contribution in [2.24, 2.45) is 0 Å². The third kappa shape index (κ3) is 4.29. The van der Waals surface area contributed by atoms with Crippen LogP contribution in [0.2, 0.25) is 0 Å². The minimum absolute atomic E-state index is 0.509. The lowest BCUT2D eigenvalue weighted by Crippen LogP contribution is -2.48. The highest BCUT2D eigenvalue weighted by Gasteiger charge is 2.15. The molecule has 1 fully saturated rings. The molecule has 0 spiro atoms. The lowest BCUT2D eigenvalue weighted by atomic mass is 10.1. The van der Waals surface area contributed by atoms with Crippen LogP contribution < -0.4 is 10.1 Å². The first-order valence-electron chi connectivity index (χ1n) is 7.87. The number of rotatable bonds is 5. The topological polar surface area (TPSA) is 37.4 Å². The maximum atomic E-state index is 5.85. The standard InChI is InChI=1S/C18H23N3O/c1-15-12-21(10-9-19-15)13-16-5-4-7-18(11-16)22-14-17-6-2-3-8-20-17/h2-8,11,15,19H,9-10,12-14H2,1H3. The Labute approximate surface area is 132 Å². The average Bonchev–Trinajstić information content (AvgIpc) is 2.54. The van der Waals surface area contributed by atoms with Crippen LogP contribution in [0.4, 0.5) is 0 Å². The van der Waals surface area contributed by atoms with E-state index in [-0.39, 0.29) is 0 Å². The van der Waals surface area contributed by atoms with E-state index in [2.05, 4.69) is 40.3 Å². The summed E-state index contributed by atoms with van der Waals surface area (Å²) in [5.41, 5.74) is 2.25. The van der Waals surface area contributed by atoms with Crippen molar-refractivity contribution < 1.29 is 4.74 Å². The molecular weight excluding hydrogens is 274 g/mol. The van der Waals surface area contributed by atoms with Crippen molar-refractivity contribution in [2.75, 3.05) is 19.6 Å². The Morgan fingerprint density at radius 3 is 3.05 bits per heavy atom. The summed E-state index contributed by atoms with van der Waals surface area (Å²) in [6.45, 7) is 6.99. The molecule has 2 aromatic rings. The zero-order valence-electron chi connectivity index (χ0n) is 13.0. The molecule has 1 atom stereocenters. The van der Waals surface area contributed by atoms with Crippen LogP contribution in [-0.4, -0.2) is 35.6 Å². The van der Waals surface area contributed by atoms with Crippen LogP contribution in [0.25, 0.3) is 0 Å². The summed E-state index contributed by atoms with van der Waals surface area (Å²) in [6, 6.07) is 14.8. The van der Waals surface area contributed by atoms with E-state index in [0.29, 0.717) is 12.6 Å². The quantitative estimate of drug-likeness (QED) is 0.920. The van der Waals surface area contributed by atoms with Gasteiger partial charge in [0.25, 0.3) is 0 Å². The predicted molar refractivity (Wildman–Crippen MR) is 87.8 cm³/mol. The molecular formula is C18H23N3O. The third-order valence-electron chi connectivity index (χ3n) is 3.87. The number of piperazine rings is 1. The lowest BCUT2D eigenvalue weighted by molar-refractivity contribution is 0.199. The van der Waals surface area contributed by atoms with Gasteiger partial charge in [0.1, 0.15) is 12.4 Å². The van der Waals surface area contributed by atoms with Gasteiger partial charge in [-0.05, 0) is 36.8 Å². The Morgan fingerprint density at radius 2 is 2.23 bits per heavy atom. The highest BCUT2D eigenvalue weighted by atomic mass is 16.5. The van der Waals surface area contributed by atoms with Gasteiger partial charge in [-0.25, -0.2) is 0 Å². The molecule has 1 unspecified atom stereocenters. The van der Waals surface area contributed by atoms with Crippen LogP contribution in [0, 0.1) is 0 Å². The van der Waals surface area contributed by atoms with Crippen LogP contribution in [-0.2, 0) is 13.2 Å². The van der Waals surface area contributed by atoms with Crippen molar-refractivity contribution in [3.63, 3.8) is 0 Å². The minimum atomic E-state index is 0.509. The van der Waals surface area contributed by atoms with E-state index in [1.807, 2.05) is 24.3 Å². The highest BCUT2D eigenvalue weighted by molar-refractivity contribution is 5.28. The zero-order valence-corrected chi connectivity index (χ0v) is 13.0.